The summed E-state index contributed by atoms with van der Waals surface area (Å²) in [6.07, 6.45) is 0. The molecule has 23 heavy (non-hydrogen) atoms. The summed E-state index contributed by atoms with van der Waals surface area (Å²) in [5.74, 6) is 0.250. The first-order valence-electron chi connectivity index (χ1n) is 8.00. The molecule has 0 unspecified atom stereocenters. The minimum atomic E-state index is 0.122. The lowest BCUT2D eigenvalue weighted by molar-refractivity contribution is -0.126. The van der Waals surface area contributed by atoms with E-state index in [1.807, 2.05) is 36.4 Å². The van der Waals surface area contributed by atoms with E-state index in [4.69, 9.17) is 4.74 Å². The van der Waals surface area contributed by atoms with Gasteiger partial charge < -0.3 is 15.4 Å². The second-order valence-electron chi connectivity index (χ2n) is 5.82. The van der Waals surface area contributed by atoms with Crippen LogP contribution in [0.3, 0.4) is 0 Å². The Balaban J connectivity index is 1.51. The lowest BCUT2D eigenvalue weighted by atomic mass is 10.0. The highest BCUT2D eigenvalue weighted by Crippen LogP contribution is 2.12. The summed E-state index contributed by atoms with van der Waals surface area (Å²) in [6.45, 7) is 3.27. The lowest BCUT2D eigenvalue weighted by Crippen LogP contribution is -2.50. The van der Waals surface area contributed by atoms with Crippen LogP contribution in [0, 0.1) is 5.92 Å². The van der Waals surface area contributed by atoms with Gasteiger partial charge in [-0.1, -0.05) is 54.6 Å². The van der Waals surface area contributed by atoms with Gasteiger partial charge in [-0.25, -0.2) is 0 Å². The average molecular weight is 310 g/mol. The summed E-state index contributed by atoms with van der Waals surface area (Å²) in [4.78, 5) is 11.9. The van der Waals surface area contributed by atoms with Crippen molar-refractivity contribution >= 4 is 5.91 Å². The molecule has 2 aromatic rings. The van der Waals surface area contributed by atoms with Crippen molar-refractivity contribution in [1.29, 1.82) is 0 Å². The van der Waals surface area contributed by atoms with E-state index in [9.17, 15) is 4.79 Å². The second-order valence-corrected chi connectivity index (χ2v) is 5.82. The van der Waals surface area contributed by atoms with Gasteiger partial charge in [0.15, 0.2) is 0 Å². The van der Waals surface area contributed by atoms with Crippen LogP contribution >= 0.6 is 0 Å². The molecule has 0 radical (unpaired) electrons. The van der Waals surface area contributed by atoms with E-state index in [0.717, 1.165) is 29.8 Å². The minimum absolute atomic E-state index is 0.122. The molecule has 1 amide bonds. The van der Waals surface area contributed by atoms with Gasteiger partial charge >= 0.3 is 0 Å². The number of amides is 1. The molecule has 1 aliphatic rings. The zero-order chi connectivity index (χ0) is 15.9. The molecule has 1 saturated heterocycles. The molecule has 2 N–H and O–H groups in total. The van der Waals surface area contributed by atoms with Crippen molar-refractivity contribution in [2.45, 2.75) is 19.8 Å². The summed E-state index contributed by atoms with van der Waals surface area (Å²) in [5.41, 5.74) is 3.40. The minimum Gasteiger partial charge on any atom is -0.372 e. The number of hydrogen-bond acceptors (Lipinski definition) is 3. The molecule has 2 aromatic carbocycles. The maximum Gasteiger partial charge on any atom is 0.225 e. The Labute approximate surface area is 136 Å². The van der Waals surface area contributed by atoms with Crippen LogP contribution in [-0.4, -0.2) is 19.0 Å². The third kappa shape index (κ3) is 4.41. The fraction of sp³-hybridized carbons (Fsp3) is 0.316. The molecule has 4 nitrogen and oxygen atoms in total. The van der Waals surface area contributed by atoms with E-state index < -0.39 is 0 Å². The molecule has 0 atom stereocenters. The van der Waals surface area contributed by atoms with Crippen molar-refractivity contribution < 1.29 is 9.53 Å². The Hall–Kier alpha value is -2.17. The molecular weight excluding hydrogens is 288 g/mol. The molecular formula is C19H22N2O2. The molecule has 0 saturated carbocycles. The molecule has 0 aromatic heterocycles. The normalized spacial score (nSPS) is 14.3. The predicted octanol–water partition coefficient (Wildman–Crippen LogP) is 2.24. The van der Waals surface area contributed by atoms with Gasteiger partial charge in [0.2, 0.25) is 5.91 Å². The van der Waals surface area contributed by atoms with Crippen molar-refractivity contribution in [3.63, 3.8) is 0 Å². The summed E-state index contributed by atoms with van der Waals surface area (Å²) < 4.78 is 5.81. The summed E-state index contributed by atoms with van der Waals surface area (Å²) in [5, 5.41) is 6.13. The van der Waals surface area contributed by atoms with Gasteiger partial charge in [-0.05, 0) is 16.7 Å². The maximum atomic E-state index is 11.9. The number of carbonyl (C=O) groups is 1. The van der Waals surface area contributed by atoms with Gasteiger partial charge in [-0.3, -0.25) is 4.79 Å². The lowest BCUT2D eigenvalue weighted by Gasteiger charge is -2.26. The molecule has 0 bridgehead atoms. The molecule has 120 valence electrons. The topological polar surface area (TPSA) is 50.4 Å². The Bertz CT molecular complexity index is 639. The third-order valence-corrected chi connectivity index (χ3v) is 4.09. The average Bonchev–Trinajstić information content (AvgIpc) is 2.53. The number of benzene rings is 2. The van der Waals surface area contributed by atoms with Crippen LogP contribution in [0.15, 0.2) is 54.6 Å². The van der Waals surface area contributed by atoms with Crippen LogP contribution in [0.2, 0.25) is 0 Å². The van der Waals surface area contributed by atoms with Gasteiger partial charge in [0.05, 0.1) is 19.1 Å². The van der Waals surface area contributed by atoms with Crippen molar-refractivity contribution in [3.05, 3.63) is 71.3 Å². The van der Waals surface area contributed by atoms with Gasteiger partial charge in [0.25, 0.3) is 0 Å². The Morgan fingerprint density at radius 1 is 1.00 bits per heavy atom. The zero-order valence-corrected chi connectivity index (χ0v) is 13.1. The standard InChI is InChI=1S/C19H22N2O2/c22-19(18-10-20-11-18)21-12-16-8-4-5-9-17(16)14-23-13-15-6-2-1-3-7-15/h1-9,18,20H,10-14H2,(H,21,22). The smallest absolute Gasteiger partial charge is 0.225 e. The van der Waals surface area contributed by atoms with Gasteiger partial charge in [0.1, 0.15) is 0 Å². The highest BCUT2D eigenvalue weighted by Gasteiger charge is 2.24. The molecule has 0 aliphatic carbocycles. The Morgan fingerprint density at radius 2 is 1.70 bits per heavy atom. The van der Waals surface area contributed by atoms with Crippen LogP contribution in [0.1, 0.15) is 16.7 Å². The third-order valence-electron chi connectivity index (χ3n) is 4.09. The van der Waals surface area contributed by atoms with Crippen LogP contribution in [0.25, 0.3) is 0 Å². The summed E-state index contributed by atoms with van der Waals surface area (Å²) in [7, 11) is 0. The SMILES string of the molecule is O=C(NCc1ccccc1COCc1ccccc1)C1CNC1. The Kier molecular flexibility index (Phi) is 5.40. The van der Waals surface area contributed by atoms with E-state index in [2.05, 4.69) is 28.8 Å². The fourth-order valence-corrected chi connectivity index (χ4v) is 2.52. The van der Waals surface area contributed by atoms with E-state index >= 15 is 0 Å². The van der Waals surface area contributed by atoms with Crippen molar-refractivity contribution in [3.8, 4) is 0 Å². The zero-order valence-electron chi connectivity index (χ0n) is 13.1. The van der Waals surface area contributed by atoms with Crippen LogP contribution in [0.5, 0.6) is 0 Å². The number of rotatable bonds is 7. The Morgan fingerprint density at radius 3 is 2.39 bits per heavy atom. The van der Waals surface area contributed by atoms with Crippen LogP contribution in [0.4, 0.5) is 0 Å². The van der Waals surface area contributed by atoms with Gasteiger partial charge in [0, 0.05) is 19.6 Å². The van der Waals surface area contributed by atoms with E-state index in [1.54, 1.807) is 0 Å². The van der Waals surface area contributed by atoms with Gasteiger partial charge in [-0.2, -0.15) is 0 Å². The number of carbonyl (C=O) groups excluding carboxylic acids is 1. The monoisotopic (exact) mass is 310 g/mol. The number of hydrogen-bond donors (Lipinski definition) is 2. The first kappa shape index (κ1) is 15.7. The number of nitrogens with one attached hydrogen (secondary N) is 2. The number of ether oxygens (including phenoxy) is 1. The molecule has 4 heteroatoms. The second kappa shape index (κ2) is 7.90. The quantitative estimate of drug-likeness (QED) is 0.824. The largest absolute Gasteiger partial charge is 0.372 e. The van der Waals surface area contributed by atoms with Crippen LogP contribution in [-0.2, 0) is 29.3 Å². The van der Waals surface area contributed by atoms with E-state index in [0.29, 0.717) is 19.8 Å². The molecule has 1 fully saturated rings. The van der Waals surface area contributed by atoms with Crippen molar-refractivity contribution in [2.75, 3.05) is 13.1 Å². The summed E-state index contributed by atoms with van der Waals surface area (Å²) >= 11 is 0. The fourth-order valence-electron chi connectivity index (χ4n) is 2.52. The molecule has 1 aliphatic heterocycles. The highest BCUT2D eigenvalue weighted by atomic mass is 16.5. The van der Waals surface area contributed by atoms with E-state index in [-0.39, 0.29) is 11.8 Å². The first-order valence-corrected chi connectivity index (χ1v) is 8.00. The molecule has 0 spiro atoms. The predicted molar refractivity (Wildman–Crippen MR) is 89.6 cm³/mol. The maximum absolute atomic E-state index is 11.9. The molecule has 3 rings (SSSR count). The van der Waals surface area contributed by atoms with Crippen LogP contribution < -0.4 is 10.6 Å². The van der Waals surface area contributed by atoms with Crippen molar-refractivity contribution in [2.24, 2.45) is 5.92 Å². The van der Waals surface area contributed by atoms with Gasteiger partial charge in [-0.15, -0.1) is 0 Å². The first-order chi connectivity index (χ1) is 11.3. The summed E-state index contributed by atoms with van der Waals surface area (Å²) in [6, 6.07) is 18.2. The highest BCUT2D eigenvalue weighted by molar-refractivity contribution is 5.80. The molecule has 1 heterocycles. The van der Waals surface area contributed by atoms with E-state index in [1.165, 1.54) is 0 Å². The van der Waals surface area contributed by atoms with Crippen molar-refractivity contribution in [1.82, 2.24) is 10.6 Å².